The highest BCUT2D eigenvalue weighted by molar-refractivity contribution is 6.00. The summed E-state index contributed by atoms with van der Waals surface area (Å²) in [5, 5.41) is 4.68. The van der Waals surface area contributed by atoms with Crippen molar-refractivity contribution in [3.8, 4) is 0 Å². The molecule has 1 aromatic heterocycles. The van der Waals surface area contributed by atoms with Gasteiger partial charge in [0, 0.05) is 18.6 Å². The molecule has 1 aliphatic heterocycles. The molecule has 1 aliphatic rings. The van der Waals surface area contributed by atoms with Gasteiger partial charge in [0.15, 0.2) is 0 Å². The lowest BCUT2D eigenvalue weighted by atomic mass is 10.1. The van der Waals surface area contributed by atoms with Gasteiger partial charge in [-0.3, -0.25) is 4.98 Å². The third kappa shape index (κ3) is 1.09. The molecule has 0 radical (unpaired) electrons. The zero-order valence-corrected chi connectivity index (χ0v) is 8.86. The summed E-state index contributed by atoms with van der Waals surface area (Å²) in [6.45, 7) is 2.15. The van der Waals surface area contributed by atoms with E-state index in [2.05, 4.69) is 47.4 Å². The minimum Gasteiger partial charge on any atom is -0.363 e. The van der Waals surface area contributed by atoms with Crippen molar-refractivity contribution in [3.63, 3.8) is 0 Å². The summed E-state index contributed by atoms with van der Waals surface area (Å²) in [5.41, 5.74) is 3.50. The molecule has 0 bridgehead atoms. The van der Waals surface area contributed by atoms with Crippen molar-refractivity contribution in [2.45, 2.75) is 13.1 Å². The summed E-state index contributed by atoms with van der Waals surface area (Å²) >= 11 is 0. The Labute approximate surface area is 88.7 Å². The monoisotopic (exact) mass is 199 g/mol. The molecule has 3 heteroatoms. The molecular weight excluding hydrogens is 186 g/mol. The van der Waals surface area contributed by atoms with Gasteiger partial charge < -0.3 is 10.2 Å². The van der Waals surface area contributed by atoms with E-state index in [1.807, 2.05) is 12.3 Å². The largest absolute Gasteiger partial charge is 0.363 e. The Bertz CT molecular complexity index is 521. The van der Waals surface area contributed by atoms with Gasteiger partial charge in [-0.1, -0.05) is 0 Å². The van der Waals surface area contributed by atoms with Crippen LogP contribution in [0.3, 0.4) is 0 Å². The van der Waals surface area contributed by atoms with E-state index in [1.54, 1.807) is 0 Å². The second kappa shape index (κ2) is 2.86. The molecule has 3 nitrogen and oxygen atoms in total. The van der Waals surface area contributed by atoms with E-state index in [0.29, 0.717) is 6.17 Å². The highest BCUT2D eigenvalue weighted by Crippen LogP contribution is 2.38. The number of pyridine rings is 1. The highest BCUT2D eigenvalue weighted by atomic mass is 15.3. The fraction of sp³-hybridized carbons (Fsp3) is 0.250. The van der Waals surface area contributed by atoms with Crippen LogP contribution in [0.2, 0.25) is 0 Å². The fourth-order valence-electron chi connectivity index (χ4n) is 2.10. The Morgan fingerprint density at radius 3 is 3.07 bits per heavy atom. The Hall–Kier alpha value is -1.77. The predicted molar refractivity (Wildman–Crippen MR) is 63.2 cm³/mol. The van der Waals surface area contributed by atoms with E-state index in [1.165, 1.54) is 16.8 Å². The van der Waals surface area contributed by atoms with Gasteiger partial charge in [0.1, 0.15) is 0 Å². The molecule has 15 heavy (non-hydrogen) atoms. The number of anilines is 2. The predicted octanol–water partition coefficient (Wildman–Crippen LogP) is 2.44. The molecule has 0 unspecified atom stereocenters. The molecule has 0 saturated carbocycles. The molecule has 1 aromatic carbocycles. The van der Waals surface area contributed by atoms with Gasteiger partial charge >= 0.3 is 0 Å². The number of nitrogens with one attached hydrogen (secondary N) is 1. The lowest BCUT2D eigenvalue weighted by molar-refractivity contribution is 0.807. The van der Waals surface area contributed by atoms with Crippen molar-refractivity contribution >= 4 is 22.3 Å². The maximum atomic E-state index is 4.35. The standard InChI is InChI=1S/C12H13N3/c1-8-14-12-9-4-3-7-13-10(9)5-6-11(12)15(8)2/h3-8,14H,1-2H3/t8-/m1/s1. The summed E-state index contributed by atoms with van der Waals surface area (Å²) in [6, 6.07) is 8.29. The first-order valence-corrected chi connectivity index (χ1v) is 5.14. The van der Waals surface area contributed by atoms with Gasteiger partial charge in [-0.2, -0.15) is 0 Å². The first-order valence-electron chi connectivity index (χ1n) is 5.14. The smallest absolute Gasteiger partial charge is 0.0959 e. The van der Waals surface area contributed by atoms with E-state index >= 15 is 0 Å². The molecular formula is C12H13N3. The number of benzene rings is 1. The summed E-state index contributed by atoms with van der Waals surface area (Å²) in [4.78, 5) is 6.59. The molecule has 0 fully saturated rings. The van der Waals surface area contributed by atoms with Gasteiger partial charge in [0.2, 0.25) is 0 Å². The number of hydrogen-bond acceptors (Lipinski definition) is 3. The van der Waals surface area contributed by atoms with Gasteiger partial charge in [-0.25, -0.2) is 0 Å². The molecule has 0 saturated heterocycles. The van der Waals surface area contributed by atoms with Crippen molar-refractivity contribution in [2.24, 2.45) is 0 Å². The van der Waals surface area contributed by atoms with Crippen LogP contribution in [-0.4, -0.2) is 18.2 Å². The van der Waals surface area contributed by atoms with E-state index in [9.17, 15) is 0 Å². The fourth-order valence-corrected chi connectivity index (χ4v) is 2.10. The third-order valence-corrected chi connectivity index (χ3v) is 3.08. The van der Waals surface area contributed by atoms with Gasteiger partial charge in [0.25, 0.3) is 0 Å². The zero-order valence-electron chi connectivity index (χ0n) is 8.86. The van der Waals surface area contributed by atoms with Gasteiger partial charge in [-0.15, -0.1) is 0 Å². The maximum Gasteiger partial charge on any atom is 0.0959 e. The van der Waals surface area contributed by atoms with Crippen molar-refractivity contribution in [1.82, 2.24) is 4.98 Å². The molecule has 76 valence electrons. The normalized spacial score (nSPS) is 19.1. The Balaban J connectivity index is 2.33. The Morgan fingerprint density at radius 1 is 1.33 bits per heavy atom. The van der Waals surface area contributed by atoms with Crippen LogP contribution in [0.4, 0.5) is 11.4 Å². The van der Waals surface area contributed by atoms with Crippen molar-refractivity contribution in [3.05, 3.63) is 30.5 Å². The van der Waals surface area contributed by atoms with E-state index < -0.39 is 0 Å². The van der Waals surface area contributed by atoms with Crippen LogP contribution in [0, 0.1) is 0 Å². The van der Waals surface area contributed by atoms with Crippen molar-refractivity contribution in [2.75, 3.05) is 17.3 Å². The Morgan fingerprint density at radius 2 is 2.20 bits per heavy atom. The van der Waals surface area contributed by atoms with Crippen LogP contribution < -0.4 is 10.2 Å². The van der Waals surface area contributed by atoms with Gasteiger partial charge in [0.05, 0.1) is 23.1 Å². The van der Waals surface area contributed by atoms with Crippen LogP contribution >= 0.6 is 0 Å². The molecule has 0 spiro atoms. The zero-order chi connectivity index (χ0) is 10.4. The average molecular weight is 199 g/mol. The second-order valence-electron chi connectivity index (χ2n) is 3.96. The lowest BCUT2D eigenvalue weighted by Crippen LogP contribution is -2.28. The number of nitrogens with zero attached hydrogens (tertiary/aromatic N) is 2. The number of aromatic nitrogens is 1. The molecule has 2 heterocycles. The first kappa shape index (κ1) is 8.53. The van der Waals surface area contributed by atoms with Crippen LogP contribution in [0.1, 0.15) is 6.92 Å². The quantitative estimate of drug-likeness (QED) is 0.706. The molecule has 1 N–H and O–H groups in total. The van der Waals surface area contributed by atoms with Crippen LogP contribution in [0.5, 0.6) is 0 Å². The SMILES string of the molecule is C[C@@H]1Nc2c(ccc3ncccc23)N1C. The minimum atomic E-state index is 0.353. The molecule has 1 atom stereocenters. The molecule has 2 aromatic rings. The maximum absolute atomic E-state index is 4.35. The summed E-state index contributed by atoms with van der Waals surface area (Å²) in [6.07, 6.45) is 2.18. The number of hydrogen-bond donors (Lipinski definition) is 1. The Kier molecular flexibility index (Phi) is 1.63. The highest BCUT2D eigenvalue weighted by Gasteiger charge is 2.23. The number of fused-ring (bicyclic) bond motifs is 3. The molecule has 3 rings (SSSR count). The summed E-state index contributed by atoms with van der Waals surface area (Å²) in [5.74, 6) is 0. The molecule has 0 amide bonds. The van der Waals surface area contributed by atoms with E-state index in [0.717, 1.165) is 5.52 Å². The lowest BCUT2D eigenvalue weighted by Gasteiger charge is -2.16. The first-order chi connectivity index (χ1) is 7.27. The topological polar surface area (TPSA) is 28.2 Å². The second-order valence-corrected chi connectivity index (χ2v) is 3.96. The van der Waals surface area contributed by atoms with Crippen LogP contribution in [0.25, 0.3) is 10.9 Å². The van der Waals surface area contributed by atoms with E-state index in [-0.39, 0.29) is 0 Å². The minimum absolute atomic E-state index is 0.353. The average Bonchev–Trinajstić information content (AvgIpc) is 2.56. The van der Waals surface area contributed by atoms with Crippen molar-refractivity contribution < 1.29 is 0 Å². The number of rotatable bonds is 0. The van der Waals surface area contributed by atoms with Crippen LogP contribution in [-0.2, 0) is 0 Å². The summed E-state index contributed by atoms with van der Waals surface area (Å²) in [7, 11) is 2.10. The molecule has 0 aliphatic carbocycles. The van der Waals surface area contributed by atoms with Crippen LogP contribution in [0.15, 0.2) is 30.5 Å². The van der Waals surface area contributed by atoms with Crippen molar-refractivity contribution in [1.29, 1.82) is 0 Å². The third-order valence-electron chi connectivity index (χ3n) is 3.08. The van der Waals surface area contributed by atoms with Gasteiger partial charge in [-0.05, 0) is 31.2 Å². The van der Waals surface area contributed by atoms with E-state index in [4.69, 9.17) is 0 Å². The summed E-state index contributed by atoms with van der Waals surface area (Å²) < 4.78 is 0.